The van der Waals surface area contributed by atoms with Gasteiger partial charge in [0.1, 0.15) is 11.6 Å². The van der Waals surface area contributed by atoms with Crippen LogP contribution in [-0.2, 0) is 21.0 Å². The van der Waals surface area contributed by atoms with Crippen LogP contribution < -0.4 is 10.1 Å². The van der Waals surface area contributed by atoms with E-state index >= 15 is 0 Å². The minimum absolute atomic E-state index is 0.0175. The number of carbonyl (C=O) groups is 2. The van der Waals surface area contributed by atoms with Crippen LogP contribution in [0.25, 0.3) is 0 Å². The molecule has 1 atom stereocenters. The quantitative estimate of drug-likeness (QED) is 0.846. The molecule has 1 aromatic rings. The largest absolute Gasteiger partial charge is 0.497 e. The fourth-order valence-electron chi connectivity index (χ4n) is 3.24. The molecule has 1 N–H and O–H groups in total. The van der Waals surface area contributed by atoms with Crippen LogP contribution in [0.3, 0.4) is 0 Å². The number of nitrogens with one attached hydrogen (secondary N) is 1. The van der Waals surface area contributed by atoms with Crippen molar-refractivity contribution in [3.63, 3.8) is 0 Å². The number of hydrogen-bond acceptors (Lipinski definition) is 5. The van der Waals surface area contributed by atoms with Crippen molar-refractivity contribution in [1.29, 1.82) is 0 Å². The van der Waals surface area contributed by atoms with Crippen molar-refractivity contribution in [2.45, 2.75) is 31.8 Å². The third-order valence-corrected chi connectivity index (χ3v) is 4.72. The van der Waals surface area contributed by atoms with Gasteiger partial charge in [0.15, 0.2) is 0 Å². The lowest BCUT2D eigenvalue weighted by Crippen LogP contribution is -2.56. The first-order valence-corrected chi connectivity index (χ1v) is 8.86. The van der Waals surface area contributed by atoms with Gasteiger partial charge in [0.25, 0.3) is 0 Å². The standard InChI is InChI=1S/C18H24FN3O4/c1-25-14-5-4-13(15(19)10-14)12-21-8-6-20-18(24)16(21)11-17(23)22-7-2-3-9-26-22/h4-5,10,16H,2-3,6-9,11-12H2,1H3,(H,20,24). The van der Waals surface area contributed by atoms with Crippen LogP contribution in [-0.4, -0.2) is 61.2 Å². The zero-order valence-corrected chi connectivity index (χ0v) is 14.9. The summed E-state index contributed by atoms with van der Waals surface area (Å²) in [7, 11) is 1.48. The van der Waals surface area contributed by atoms with Crippen LogP contribution in [0.2, 0.25) is 0 Å². The van der Waals surface area contributed by atoms with Gasteiger partial charge in [0.05, 0.1) is 26.2 Å². The second-order valence-electron chi connectivity index (χ2n) is 6.47. The smallest absolute Gasteiger partial charge is 0.248 e. The second kappa shape index (κ2) is 8.46. The Morgan fingerprint density at radius 1 is 1.38 bits per heavy atom. The maximum atomic E-state index is 14.3. The number of rotatable bonds is 5. The molecule has 0 saturated carbocycles. The number of carbonyl (C=O) groups excluding carboxylic acids is 2. The highest BCUT2D eigenvalue weighted by Gasteiger charge is 2.34. The number of amides is 2. The van der Waals surface area contributed by atoms with Crippen molar-refractivity contribution >= 4 is 11.8 Å². The fraction of sp³-hybridized carbons (Fsp3) is 0.556. The van der Waals surface area contributed by atoms with Crippen molar-refractivity contribution in [2.24, 2.45) is 0 Å². The molecule has 0 radical (unpaired) electrons. The van der Waals surface area contributed by atoms with Gasteiger partial charge in [-0.3, -0.25) is 19.3 Å². The summed E-state index contributed by atoms with van der Waals surface area (Å²) in [5, 5.41) is 4.13. The van der Waals surface area contributed by atoms with Crippen LogP contribution in [0.5, 0.6) is 5.75 Å². The Morgan fingerprint density at radius 3 is 2.92 bits per heavy atom. The molecule has 2 amide bonds. The summed E-state index contributed by atoms with van der Waals surface area (Å²) in [6.07, 6.45) is 1.84. The maximum Gasteiger partial charge on any atom is 0.248 e. The maximum absolute atomic E-state index is 14.3. The highest BCUT2D eigenvalue weighted by atomic mass is 19.1. The molecule has 2 saturated heterocycles. The van der Waals surface area contributed by atoms with E-state index in [0.717, 1.165) is 12.8 Å². The summed E-state index contributed by atoms with van der Waals surface area (Å²) in [6.45, 7) is 2.34. The molecule has 1 aromatic carbocycles. The lowest BCUT2D eigenvalue weighted by atomic mass is 10.1. The Kier molecular flexibility index (Phi) is 6.05. The van der Waals surface area contributed by atoms with Gasteiger partial charge in [-0.05, 0) is 18.9 Å². The van der Waals surface area contributed by atoms with Crippen molar-refractivity contribution in [3.8, 4) is 5.75 Å². The molecule has 0 spiro atoms. The topological polar surface area (TPSA) is 71.1 Å². The number of hydrogen-bond donors (Lipinski definition) is 1. The number of halogens is 1. The molecule has 1 unspecified atom stereocenters. The van der Waals surface area contributed by atoms with Crippen molar-refractivity contribution in [1.82, 2.24) is 15.3 Å². The van der Waals surface area contributed by atoms with Crippen molar-refractivity contribution in [2.75, 3.05) is 33.4 Å². The van der Waals surface area contributed by atoms with E-state index in [2.05, 4.69) is 5.32 Å². The summed E-state index contributed by atoms with van der Waals surface area (Å²) in [5.74, 6) is -0.376. The van der Waals surface area contributed by atoms with Gasteiger partial charge in [0, 0.05) is 37.8 Å². The Morgan fingerprint density at radius 2 is 2.23 bits per heavy atom. The van der Waals surface area contributed by atoms with E-state index in [1.807, 2.05) is 4.90 Å². The van der Waals surface area contributed by atoms with Crippen LogP contribution in [0, 0.1) is 5.82 Å². The van der Waals surface area contributed by atoms with Crippen LogP contribution >= 0.6 is 0 Å². The lowest BCUT2D eigenvalue weighted by Gasteiger charge is -2.36. The highest BCUT2D eigenvalue weighted by Crippen LogP contribution is 2.21. The van der Waals surface area contributed by atoms with Gasteiger partial charge in [-0.15, -0.1) is 0 Å². The van der Waals surface area contributed by atoms with E-state index in [1.54, 1.807) is 12.1 Å². The molecule has 2 aliphatic rings. The van der Waals surface area contributed by atoms with Gasteiger partial charge in [0.2, 0.25) is 11.8 Å². The number of benzene rings is 1. The van der Waals surface area contributed by atoms with E-state index in [0.29, 0.717) is 37.6 Å². The van der Waals surface area contributed by atoms with Crippen LogP contribution in [0.15, 0.2) is 18.2 Å². The third-order valence-electron chi connectivity index (χ3n) is 4.72. The average molecular weight is 365 g/mol. The van der Waals surface area contributed by atoms with Gasteiger partial charge in [-0.25, -0.2) is 9.45 Å². The first-order valence-electron chi connectivity index (χ1n) is 8.86. The van der Waals surface area contributed by atoms with Gasteiger partial charge >= 0.3 is 0 Å². The Bertz CT molecular complexity index is 664. The van der Waals surface area contributed by atoms with E-state index in [9.17, 15) is 14.0 Å². The predicted molar refractivity (Wildman–Crippen MR) is 91.7 cm³/mol. The SMILES string of the molecule is COc1ccc(CN2CCNC(=O)C2CC(=O)N2CCCCO2)c(F)c1. The molecular weight excluding hydrogens is 341 g/mol. The number of methoxy groups -OCH3 is 1. The zero-order valence-electron chi connectivity index (χ0n) is 14.9. The first kappa shape index (κ1) is 18.6. The minimum atomic E-state index is -0.636. The number of piperazine rings is 1. The lowest BCUT2D eigenvalue weighted by molar-refractivity contribution is -0.198. The van der Waals surface area contributed by atoms with E-state index in [-0.39, 0.29) is 30.6 Å². The molecule has 8 heteroatoms. The Balaban J connectivity index is 1.69. The molecule has 0 aliphatic carbocycles. The molecular formula is C18H24FN3O4. The fourth-order valence-corrected chi connectivity index (χ4v) is 3.24. The van der Waals surface area contributed by atoms with Gasteiger partial charge in [-0.2, -0.15) is 0 Å². The number of ether oxygens (including phenoxy) is 1. The summed E-state index contributed by atoms with van der Waals surface area (Å²) >= 11 is 0. The Labute approximate surface area is 152 Å². The summed E-state index contributed by atoms with van der Waals surface area (Å²) < 4.78 is 19.3. The van der Waals surface area contributed by atoms with Crippen molar-refractivity contribution in [3.05, 3.63) is 29.6 Å². The summed E-state index contributed by atoms with van der Waals surface area (Å²) in [5.41, 5.74) is 0.465. The van der Waals surface area contributed by atoms with Crippen molar-refractivity contribution < 1.29 is 23.6 Å². The first-order chi connectivity index (χ1) is 12.6. The second-order valence-corrected chi connectivity index (χ2v) is 6.47. The molecule has 142 valence electrons. The summed E-state index contributed by atoms with van der Waals surface area (Å²) in [6, 6.07) is 4.02. The van der Waals surface area contributed by atoms with Crippen LogP contribution in [0.1, 0.15) is 24.8 Å². The van der Waals surface area contributed by atoms with Crippen LogP contribution in [0.4, 0.5) is 4.39 Å². The average Bonchev–Trinajstić information content (AvgIpc) is 2.66. The molecule has 7 nitrogen and oxygen atoms in total. The van der Waals surface area contributed by atoms with Gasteiger partial charge < -0.3 is 10.1 Å². The molecule has 3 rings (SSSR count). The van der Waals surface area contributed by atoms with E-state index in [1.165, 1.54) is 18.2 Å². The van der Waals surface area contributed by atoms with Gasteiger partial charge in [-0.1, -0.05) is 6.07 Å². The predicted octanol–water partition coefficient (Wildman–Crippen LogP) is 1.08. The zero-order chi connectivity index (χ0) is 18.5. The molecule has 0 aromatic heterocycles. The van der Waals surface area contributed by atoms with E-state index in [4.69, 9.17) is 9.57 Å². The molecule has 2 heterocycles. The minimum Gasteiger partial charge on any atom is -0.497 e. The molecule has 2 fully saturated rings. The molecule has 26 heavy (non-hydrogen) atoms. The number of nitrogens with zero attached hydrogens (tertiary/aromatic N) is 2. The molecule has 2 aliphatic heterocycles. The number of hydroxylamine groups is 2. The summed E-state index contributed by atoms with van der Waals surface area (Å²) in [4.78, 5) is 32.0. The highest BCUT2D eigenvalue weighted by molar-refractivity contribution is 5.88. The molecule has 0 bridgehead atoms. The normalized spacial score (nSPS) is 21.4. The third kappa shape index (κ3) is 4.31. The monoisotopic (exact) mass is 365 g/mol. The van der Waals surface area contributed by atoms with E-state index < -0.39 is 6.04 Å². The Hall–Kier alpha value is -2.19.